The van der Waals surface area contributed by atoms with Crippen LogP contribution in [0.3, 0.4) is 0 Å². The fraction of sp³-hybridized carbons (Fsp3) is 0.308. The minimum atomic E-state index is -0.264. The normalized spacial score (nSPS) is 10.4. The van der Waals surface area contributed by atoms with Gasteiger partial charge in [0.05, 0.1) is 0 Å². The van der Waals surface area contributed by atoms with Crippen LogP contribution in [0.15, 0.2) is 30.5 Å². The minimum Gasteiger partial charge on any atom is -0.338 e. The SMILES string of the molecule is NCCCCNC(=O)Nc1ccc2cccnc2n1. The molecule has 0 aliphatic heterocycles. The van der Waals surface area contributed by atoms with Gasteiger partial charge in [-0.05, 0) is 43.7 Å². The van der Waals surface area contributed by atoms with Gasteiger partial charge in [-0.3, -0.25) is 5.32 Å². The first-order chi connectivity index (χ1) is 9.29. The Bertz CT molecular complexity index is 557. The van der Waals surface area contributed by atoms with E-state index < -0.39 is 0 Å². The lowest BCUT2D eigenvalue weighted by molar-refractivity contribution is 0.252. The lowest BCUT2D eigenvalue weighted by Crippen LogP contribution is -2.30. The summed E-state index contributed by atoms with van der Waals surface area (Å²) < 4.78 is 0. The van der Waals surface area contributed by atoms with Gasteiger partial charge in [-0.1, -0.05) is 0 Å². The van der Waals surface area contributed by atoms with Crippen molar-refractivity contribution in [2.24, 2.45) is 5.73 Å². The molecule has 6 nitrogen and oxygen atoms in total. The van der Waals surface area contributed by atoms with Gasteiger partial charge in [0.15, 0.2) is 5.65 Å². The van der Waals surface area contributed by atoms with Crippen molar-refractivity contribution in [1.82, 2.24) is 15.3 Å². The lowest BCUT2D eigenvalue weighted by atomic mass is 10.3. The maximum atomic E-state index is 11.6. The summed E-state index contributed by atoms with van der Waals surface area (Å²) in [6.45, 7) is 1.25. The quantitative estimate of drug-likeness (QED) is 0.709. The van der Waals surface area contributed by atoms with Crippen molar-refractivity contribution < 1.29 is 4.79 Å². The van der Waals surface area contributed by atoms with Crippen molar-refractivity contribution in [1.29, 1.82) is 0 Å². The van der Waals surface area contributed by atoms with Gasteiger partial charge in [0.25, 0.3) is 0 Å². The number of aromatic nitrogens is 2. The van der Waals surface area contributed by atoms with Crippen molar-refractivity contribution in [2.75, 3.05) is 18.4 Å². The number of rotatable bonds is 5. The zero-order valence-electron chi connectivity index (χ0n) is 10.6. The molecule has 2 aromatic rings. The van der Waals surface area contributed by atoms with Crippen LogP contribution < -0.4 is 16.4 Å². The van der Waals surface area contributed by atoms with Crippen LogP contribution in [0.4, 0.5) is 10.6 Å². The Morgan fingerprint density at radius 3 is 3.00 bits per heavy atom. The summed E-state index contributed by atoms with van der Waals surface area (Å²) in [4.78, 5) is 20.0. The molecule has 0 atom stereocenters. The predicted molar refractivity (Wildman–Crippen MR) is 74.8 cm³/mol. The molecule has 0 saturated carbocycles. The molecule has 2 amide bonds. The maximum absolute atomic E-state index is 11.6. The molecule has 0 aromatic carbocycles. The minimum absolute atomic E-state index is 0.264. The summed E-state index contributed by atoms with van der Waals surface area (Å²) in [6.07, 6.45) is 3.45. The lowest BCUT2D eigenvalue weighted by Gasteiger charge is -2.07. The number of carbonyl (C=O) groups excluding carboxylic acids is 1. The number of carbonyl (C=O) groups is 1. The molecule has 4 N–H and O–H groups in total. The highest BCUT2D eigenvalue weighted by Crippen LogP contribution is 2.11. The second-order valence-corrected chi connectivity index (χ2v) is 4.12. The van der Waals surface area contributed by atoms with Crippen molar-refractivity contribution in [3.8, 4) is 0 Å². The van der Waals surface area contributed by atoms with Crippen molar-refractivity contribution in [2.45, 2.75) is 12.8 Å². The molecule has 0 bridgehead atoms. The number of nitrogens with zero attached hydrogens (tertiary/aromatic N) is 2. The van der Waals surface area contributed by atoms with Gasteiger partial charge in [0.1, 0.15) is 5.82 Å². The highest BCUT2D eigenvalue weighted by Gasteiger charge is 2.03. The summed E-state index contributed by atoms with van der Waals surface area (Å²) in [5.41, 5.74) is 5.99. The number of unbranched alkanes of at least 4 members (excludes halogenated alkanes) is 1. The molecule has 0 saturated heterocycles. The fourth-order valence-electron chi connectivity index (χ4n) is 1.65. The third-order valence-corrected chi connectivity index (χ3v) is 2.62. The van der Waals surface area contributed by atoms with Gasteiger partial charge in [-0.2, -0.15) is 0 Å². The molecule has 0 unspecified atom stereocenters. The van der Waals surface area contributed by atoms with E-state index in [1.54, 1.807) is 12.3 Å². The molecule has 0 radical (unpaired) electrons. The van der Waals surface area contributed by atoms with Crippen molar-refractivity contribution in [3.05, 3.63) is 30.5 Å². The smallest absolute Gasteiger partial charge is 0.320 e. The molecule has 0 aliphatic rings. The number of nitrogens with one attached hydrogen (secondary N) is 2. The fourth-order valence-corrected chi connectivity index (χ4v) is 1.65. The van der Waals surface area contributed by atoms with Crippen molar-refractivity contribution in [3.63, 3.8) is 0 Å². The van der Waals surface area contributed by atoms with E-state index in [-0.39, 0.29) is 6.03 Å². The topological polar surface area (TPSA) is 92.9 Å². The van der Waals surface area contributed by atoms with Crippen LogP contribution in [0, 0.1) is 0 Å². The van der Waals surface area contributed by atoms with Crippen LogP contribution in [0.5, 0.6) is 0 Å². The Morgan fingerprint density at radius 1 is 1.26 bits per heavy atom. The van der Waals surface area contributed by atoms with E-state index in [0.29, 0.717) is 24.6 Å². The molecular formula is C13H17N5O. The molecule has 0 fully saturated rings. The van der Waals surface area contributed by atoms with E-state index in [4.69, 9.17) is 5.73 Å². The highest BCUT2D eigenvalue weighted by atomic mass is 16.2. The Labute approximate surface area is 111 Å². The van der Waals surface area contributed by atoms with Gasteiger partial charge < -0.3 is 11.1 Å². The third-order valence-electron chi connectivity index (χ3n) is 2.62. The van der Waals surface area contributed by atoms with Crippen molar-refractivity contribution >= 4 is 22.9 Å². The molecule has 2 heterocycles. The summed E-state index contributed by atoms with van der Waals surface area (Å²) in [7, 11) is 0. The number of fused-ring (bicyclic) bond motifs is 1. The van der Waals surface area contributed by atoms with Crippen LogP contribution >= 0.6 is 0 Å². The summed E-state index contributed by atoms with van der Waals surface area (Å²) >= 11 is 0. The van der Waals surface area contributed by atoms with E-state index >= 15 is 0 Å². The zero-order chi connectivity index (χ0) is 13.5. The number of anilines is 1. The number of hydrogen-bond donors (Lipinski definition) is 3. The second-order valence-electron chi connectivity index (χ2n) is 4.12. The molecule has 19 heavy (non-hydrogen) atoms. The molecular weight excluding hydrogens is 242 g/mol. The monoisotopic (exact) mass is 259 g/mol. The average molecular weight is 259 g/mol. The van der Waals surface area contributed by atoms with E-state index in [9.17, 15) is 4.79 Å². The van der Waals surface area contributed by atoms with Gasteiger partial charge in [-0.25, -0.2) is 14.8 Å². The predicted octanol–water partition coefficient (Wildman–Crippen LogP) is 1.49. The van der Waals surface area contributed by atoms with E-state index in [1.165, 1.54) is 0 Å². The van der Waals surface area contributed by atoms with E-state index in [0.717, 1.165) is 18.2 Å². The van der Waals surface area contributed by atoms with Crippen LogP contribution in [0.1, 0.15) is 12.8 Å². The van der Waals surface area contributed by atoms with Gasteiger partial charge in [0, 0.05) is 18.1 Å². The largest absolute Gasteiger partial charge is 0.338 e. The Morgan fingerprint density at radius 2 is 2.16 bits per heavy atom. The number of urea groups is 1. The van der Waals surface area contributed by atoms with Gasteiger partial charge in [0.2, 0.25) is 0 Å². The van der Waals surface area contributed by atoms with Crippen LogP contribution in [-0.2, 0) is 0 Å². The first-order valence-corrected chi connectivity index (χ1v) is 6.26. The standard InChI is InChI=1S/C13H17N5O/c14-7-1-2-8-16-13(19)18-11-6-5-10-4-3-9-15-12(10)17-11/h3-6,9H,1-2,7-8,14H2,(H2,15,16,17,18,19). The first-order valence-electron chi connectivity index (χ1n) is 6.26. The maximum Gasteiger partial charge on any atom is 0.320 e. The Kier molecular flexibility index (Phi) is 4.63. The molecule has 0 spiro atoms. The van der Waals surface area contributed by atoms with E-state index in [2.05, 4.69) is 20.6 Å². The Balaban J connectivity index is 1.91. The summed E-state index contributed by atoms with van der Waals surface area (Å²) in [5.74, 6) is 0.488. The second kappa shape index (κ2) is 6.65. The first kappa shape index (κ1) is 13.2. The molecule has 2 rings (SSSR count). The molecule has 2 aromatic heterocycles. The number of hydrogen-bond acceptors (Lipinski definition) is 4. The molecule has 0 aliphatic carbocycles. The summed E-state index contributed by atoms with van der Waals surface area (Å²) in [6, 6.07) is 7.13. The zero-order valence-corrected chi connectivity index (χ0v) is 10.6. The highest BCUT2D eigenvalue weighted by molar-refractivity contribution is 5.89. The number of nitrogens with two attached hydrogens (primary N) is 1. The summed E-state index contributed by atoms with van der Waals surface area (Å²) in [5, 5.41) is 6.37. The molecule has 100 valence electrons. The van der Waals surface area contributed by atoms with Gasteiger partial charge in [-0.15, -0.1) is 0 Å². The number of amides is 2. The van der Waals surface area contributed by atoms with Crippen LogP contribution in [0.2, 0.25) is 0 Å². The van der Waals surface area contributed by atoms with E-state index in [1.807, 2.05) is 18.2 Å². The van der Waals surface area contributed by atoms with Crippen LogP contribution in [-0.4, -0.2) is 29.1 Å². The Hall–Kier alpha value is -2.21. The van der Waals surface area contributed by atoms with Crippen LogP contribution in [0.25, 0.3) is 11.0 Å². The average Bonchev–Trinajstić information content (AvgIpc) is 2.43. The number of pyridine rings is 2. The third kappa shape index (κ3) is 3.89. The molecule has 6 heteroatoms. The van der Waals surface area contributed by atoms with Gasteiger partial charge >= 0.3 is 6.03 Å².